The van der Waals surface area contributed by atoms with Crippen molar-refractivity contribution in [3.63, 3.8) is 0 Å². The van der Waals surface area contributed by atoms with Gasteiger partial charge in [0.2, 0.25) is 0 Å². The molecule has 3 unspecified atom stereocenters. The van der Waals surface area contributed by atoms with Gasteiger partial charge in [0.15, 0.2) is 0 Å². The summed E-state index contributed by atoms with van der Waals surface area (Å²) >= 11 is 0. The van der Waals surface area contributed by atoms with Gasteiger partial charge in [0, 0.05) is 12.8 Å². The normalized spacial score (nSPS) is 33.5. The maximum atomic E-state index is 11.7. The Kier molecular flexibility index (Phi) is 3.79. The van der Waals surface area contributed by atoms with Crippen LogP contribution in [0.2, 0.25) is 0 Å². The highest BCUT2D eigenvalue weighted by molar-refractivity contribution is 5.78. The van der Waals surface area contributed by atoms with Crippen LogP contribution >= 0.6 is 0 Å². The Morgan fingerprint density at radius 2 is 2.20 bits per heavy atom. The van der Waals surface area contributed by atoms with Gasteiger partial charge in [-0.15, -0.1) is 0 Å². The maximum absolute atomic E-state index is 11.7. The highest BCUT2D eigenvalue weighted by atomic mass is 16.1. The molecule has 1 N–H and O–H groups in total. The molecule has 0 amide bonds. The molecule has 0 heterocycles. The standard InChI is InChI=1S/C13H23NO/c1-14-6-2-3-13(15)9-12-8-10-4-5-11(12)7-10/h10-12,14H,2-9H2,1H3. The Labute approximate surface area is 92.8 Å². The summed E-state index contributed by atoms with van der Waals surface area (Å²) in [4.78, 5) is 11.7. The number of rotatable bonds is 6. The topological polar surface area (TPSA) is 29.1 Å². The minimum atomic E-state index is 0.503. The van der Waals surface area contributed by atoms with Gasteiger partial charge in [-0.25, -0.2) is 0 Å². The third-order valence-electron chi connectivity index (χ3n) is 4.26. The number of hydrogen-bond donors (Lipinski definition) is 1. The molecule has 0 aliphatic heterocycles. The molecule has 0 aromatic carbocycles. The molecule has 2 bridgehead atoms. The third-order valence-corrected chi connectivity index (χ3v) is 4.26. The van der Waals surface area contributed by atoms with Crippen molar-refractivity contribution in [2.24, 2.45) is 17.8 Å². The SMILES string of the molecule is CNCCCC(=O)CC1CC2CCC1C2. The Morgan fingerprint density at radius 1 is 1.33 bits per heavy atom. The predicted octanol–water partition coefficient (Wildman–Crippen LogP) is 2.38. The molecular weight excluding hydrogens is 186 g/mol. The molecule has 86 valence electrons. The lowest BCUT2D eigenvalue weighted by Crippen LogP contribution is -2.16. The van der Waals surface area contributed by atoms with E-state index in [9.17, 15) is 4.79 Å². The van der Waals surface area contributed by atoms with Crippen molar-refractivity contribution in [2.45, 2.75) is 44.9 Å². The molecule has 2 nitrogen and oxygen atoms in total. The summed E-state index contributed by atoms with van der Waals surface area (Å²) in [5.41, 5.74) is 0. The van der Waals surface area contributed by atoms with Crippen LogP contribution in [0.5, 0.6) is 0 Å². The highest BCUT2D eigenvalue weighted by Gasteiger charge is 2.39. The number of hydrogen-bond acceptors (Lipinski definition) is 2. The number of ketones is 1. The quantitative estimate of drug-likeness (QED) is 0.680. The van der Waals surface area contributed by atoms with Crippen LogP contribution in [0.3, 0.4) is 0 Å². The molecule has 0 spiro atoms. The smallest absolute Gasteiger partial charge is 0.133 e. The minimum Gasteiger partial charge on any atom is -0.320 e. The zero-order valence-electron chi connectivity index (χ0n) is 9.80. The maximum Gasteiger partial charge on any atom is 0.133 e. The first kappa shape index (κ1) is 11.1. The molecule has 0 saturated heterocycles. The highest BCUT2D eigenvalue weighted by Crippen LogP contribution is 2.49. The van der Waals surface area contributed by atoms with Crippen LogP contribution in [0, 0.1) is 17.8 Å². The zero-order chi connectivity index (χ0) is 10.7. The lowest BCUT2D eigenvalue weighted by molar-refractivity contribution is -0.120. The van der Waals surface area contributed by atoms with Crippen LogP contribution in [0.1, 0.15) is 44.9 Å². The zero-order valence-corrected chi connectivity index (χ0v) is 9.80. The van der Waals surface area contributed by atoms with Crippen LogP contribution in [0.4, 0.5) is 0 Å². The molecular formula is C13H23NO. The summed E-state index contributed by atoms with van der Waals surface area (Å²) in [6.07, 6.45) is 8.29. The molecule has 2 fully saturated rings. The van der Waals surface area contributed by atoms with E-state index >= 15 is 0 Å². The summed E-state index contributed by atoms with van der Waals surface area (Å²) < 4.78 is 0. The molecule has 2 rings (SSSR count). The first-order valence-corrected chi connectivity index (χ1v) is 6.46. The first-order valence-electron chi connectivity index (χ1n) is 6.46. The van der Waals surface area contributed by atoms with Crippen molar-refractivity contribution < 1.29 is 4.79 Å². The molecule has 0 aromatic heterocycles. The van der Waals surface area contributed by atoms with Gasteiger partial charge < -0.3 is 5.32 Å². The number of fused-ring (bicyclic) bond motifs is 2. The van der Waals surface area contributed by atoms with Crippen molar-refractivity contribution in [1.29, 1.82) is 0 Å². The van der Waals surface area contributed by atoms with Gasteiger partial charge in [-0.3, -0.25) is 4.79 Å². The molecule has 2 aliphatic carbocycles. The minimum absolute atomic E-state index is 0.503. The largest absolute Gasteiger partial charge is 0.320 e. The fourth-order valence-corrected chi connectivity index (χ4v) is 3.48. The van der Waals surface area contributed by atoms with Gasteiger partial charge in [-0.05, 0) is 57.0 Å². The van der Waals surface area contributed by atoms with Crippen LogP contribution in [-0.2, 0) is 4.79 Å². The summed E-state index contributed by atoms with van der Waals surface area (Å²) in [5, 5.41) is 3.09. The lowest BCUT2D eigenvalue weighted by Gasteiger charge is -2.20. The van der Waals surface area contributed by atoms with Gasteiger partial charge in [0.05, 0.1) is 0 Å². The first-order chi connectivity index (χ1) is 7.29. The van der Waals surface area contributed by atoms with Crippen molar-refractivity contribution in [1.82, 2.24) is 5.32 Å². The molecule has 0 aromatic rings. The molecule has 3 atom stereocenters. The van der Waals surface area contributed by atoms with Crippen molar-refractivity contribution in [3.05, 3.63) is 0 Å². The van der Waals surface area contributed by atoms with E-state index in [4.69, 9.17) is 0 Å². The van der Waals surface area contributed by atoms with Gasteiger partial charge in [-0.2, -0.15) is 0 Å². The van der Waals surface area contributed by atoms with E-state index in [0.717, 1.165) is 43.6 Å². The summed E-state index contributed by atoms with van der Waals surface area (Å²) in [7, 11) is 1.94. The monoisotopic (exact) mass is 209 g/mol. The Morgan fingerprint density at radius 3 is 2.80 bits per heavy atom. The van der Waals surface area contributed by atoms with E-state index in [1.165, 1.54) is 25.7 Å². The summed E-state index contributed by atoms with van der Waals surface area (Å²) in [5.74, 6) is 3.14. The molecule has 0 radical (unpaired) electrons. The molecule has 2 aliphatic rings. The van der Waals surface area contributed by atoms with Crippen LogP contribution in [0.15, 0.2) is 0 Å². The van der Waals surface area contributed by atoms with E-state index in [-0.39, 0.29) is 0 Å². The molecule has 2 saturated carbocycles. The van der Waals surface area contributed by atoms with Crippen molar-refractivity contribution in [2.75, 3.05) is 13.6 Å². The Balaban J connectivity index is 1.66. The Hall–Kier alpha value is -0.370. The number of nitrogens with one attached hydrogen (secondary N) is 1. The van der Waals surface area contributed by atoms with Gasteiger partial charge >= 0.3 is 0 Å². The van der Waals surface area contributed by atoms with Crippen LogP contribution in [0.25, 0.3) is 0 Å². The van der Waals surface area contributed by atoms with Gasteiger partial charge in [-0.1, -0.05) is 6.42 Å². The van der Waals surface area contributed by atoms with E-state index in [1.807, 2.05) is 7.05 Å². The van der Waals surface area contributed by atoms with E-state index in [1.54, 1.807) is 0 Å². The second kappa shape index (κ2) is 5.11. The Bertz CT molecular complexity index is 227. The molecule has 2 heteroatoms. The number of carbonyl (C=O) groups excluding carboxylic acids is 1. The van der Waals surface area contributed by atoms with Crippen LogP contribution in [-0.4, -0.2) is 19.4 Å². The fourth-order valence-electron chi connectivity index (χ4n) is 3.48. The number of carbonyl (C=O) groups is 1. The van der Waals surface area contributed by atoms with Gasteiger partial charge in [0.25, 0.3) is 0 Å². The van der Waals surface area contributed by atoms with E-state index in [2.05, 4.69) is 5.32 Å². The van der Waals surface area contributed by atoms with E-state index < -0.39 is 0 Å². The average molecular weight is 209 g/mol. The lowest BCUT2D eigenvalue weighted by atomic mass is 9.84. The molecule has 15 heavy (non-hydrogen) atoms. The average Bonchev–Trinajstić information content (AvgIpc) is 2.79. The van der Waals surface area contributed by atoms with Crippen molar-refractivity contribution in [3.8, 4) is 0 Å². The summed E-state index contributed by atoms with van der Waals surface area (Å²) in [6.45, 7) is 0.975. The second-order valence-electron chi connectivity index (χ2n) is 5.38. The third kappa shape index (κ3) is 2.81. The van der Waals surface area contributed by atoms with Gasteiger partial charge in [0.1, 0.15) is 5.78 Å². The fraction of sp³-hybridized carbons (Fsp3) is 0.923. The summed E-state index contributed by atoms with van der Waals surface area (Å²) in [6, 6.07) is 0. The van der Waals surface area contributed by atoms with Crippen molar-refractivity contribution >= 4 is 5.78 Å². The predicted molar refractivity (Wildman–Crippen MR) is 61.7 cm³/mol. The van der Waals surface area contributed by atoms with E-state index in [0.29, 0.717) is 5.78 Å². The number of Topliss-reactive ketones (excluding diaryl/α,β-unsaturated/α-hetero) is 1. The van der Waals surface area contributed by atoms with Crippen LogP contribution < -0.4 is 5.32 Å². The second-order valence-corrected chi connectivity index (χ2v) is 5.38.